The van der Waals surface area contributed by atoms with Gasteiger partial charge in [-0.05, 0) is 43.5 Å². The summed E-state index contributed by atoms with van der Waals surface area (Å²) in [5.41, 5.74) is 2.89. The summed E-state index contributed by atoms with van der Waals surface area (Å²) in [6, 6.07) is 1.76. The third-order valence-corrected chi connectivity index (χ3v) is 2.86. The van der Waals surface area contributed by atoms with Crippen LogP contribution in [-0.4, -0.2) is 24.0 Å². The highest BCUT2D eigenvalue weighted by molar-refractivity contribution is 6.07. The Hall–Kier alpha value is -1.84. The van der Waals surface area contributed by atoms with Gasteiger partial charge in [-0.15, -0.1) is 0 Å². The summed E-state index contributed by atoms with van der Waals surface area (Å²) in [5, 5.41) is 8.65. The normalized spacial score (nSPS) is 10.1. The van der Waals surface area contributed by atoms with E-state index in [1.807, 2.05) is 6.92 Å². The van der Waals surface area contributed by atoms with Crippen molar-refractivity contribution in [2.75, 3.05) is 7.11 Å². The van der Waals surface area contributed by atoms with Crippen LogP contribution in [0.15, 0.2) is 6.07 Å². The molecule has 0 atom stereocenters. The lowest BCUT2D eigenvalue weighted by Crippen LogP contribution is -2.11. The van der Waals surface area contributed by atoms with Crippen LogP contribution >= 0.6 is 0 Å². The van der Waals surface area contributed by atoms with Crippen molar-refractivity contribution in [2.24, 2.45) is 0 Å². The number of ether oxygens (including phenoxy) is 1. The molecule has 1 aromatic rings. The zero-order valence-corrected chi connectivity index (χ0v) is 10.5. The lowest BCUT2D eigenvalue weighted by Gasteiger charge is -2.14. The van der Waals surface area contributed by atoms with Gasteiger partial charge in [0, 0.05) is 5.56 Å². The van der Waals surface area contributed by atoms with Crippen LogP contribution in [0.2, 0.25) is 0 Å². The maximum Gasteiger partial charge on any atom is 0.311 e. The molecule has 4 nitrogen and oxygen atoms in total. The number of hydrogen-bond acceptors (Lipinski definition) is 3. The number of carboxylic acids is 1. The predicted molar refractivity (Wildman–Crippen MR) is 63.8 cm³/mol. The molecule has 0 aliphatic rings. The molecule has 0 amide bonds. The van der Waals surface area contributed by atoms with Crippen molar-refractivity contribution in [3.8, 4) is 5.75 Å². The van der Waals surface area contributed by atoms with E-state index in [4.69, 9.17) is 9.84 Å². The summed E-state index contributed by atoms with van der Waals surface area (Å²) in [4.78, 5) is 22.4. The van der Waals surface area contributed by atoms with Crippen molar-refractivity contribution < 1.29 is 19.4 Å². The Kier molecular flexibility index (Phi) is 3.89. The quantitative estimate of drug-likeness (QED) is 0.643. The minimum Gasteiger partial charge on any atom is -0.496 e. The Morgan fingerprint density at radius 2 is 1.82 bits per heavy atom. The second-order valence-electron chi connectivity index (χ2n) is 4.01. The average Bonchev–Trinajstić information content (AvgIpc) is 2.22. The first-order valence-corrected chi connectivity index (χ1v) is 5.28. The van der Waals surface area contributed by atoms with E-state index in [1.165, 1.54) is 0 Å². The number of aryl methyl sites for hydroxylation is 1. The largest absolute Gasteiger partial charge is 0.496 e. The molecule has 0 unspecified atom stereocenters. The first-order chi connectivity index (χ1) is 7.88. The highest BCUT2D eigenvalue weighted by Gasteiger charge is 2.18. The Balaban J connectivity index is 3.30. The molecule has 1 N–H and O–H groups in total. The first kappa shape index (κ1) is 13.2. The molecule has 0 aliphatic carbocycles. The predicted octanol–water partition coefficient (Wildman–Crippen LogP) is 2.28. The summed E-state index contributed by atoms with van der Waals surface area (Å²) < 4.78 is 5.19. The highest BCUT2D eigenvalue weighted by atomic mass is 16.5. The molecule has 0 saturated carbocycles. The number of carboxylic acid groups (broad SMARTS) is 1. The van der Waals surface area contributed by atoms with E-state index in [0.29, 0.717) is 11.3 Å². The summed E-state index contributed by atoms with van der Waals surface area (Å²) in [6.07, 6.45) is -0.479. The number of ketones is 1. The second-order valence-corrected chi connectivity index (χ2v) is 4.01. The standard InChI is InChI=1S/C13H16O4/c1-7-5-11(17-4)8(2)9(3)13(7)10(14)6-12(15)16/h5H,6H2,1-4H3,(H,15,16). The molecule has 0 fully saturated rings. The summed E-state index contributed by atoms with van der Waals surface area (Å²) >= 11 is 0. The van der Waals surface area contributed by atoms with Crippen molar-refractivity contribution in [2.45, 2.75) is 27.2 Å². The van der Waals surface area contributed by atoms with E-state index in [2.05, 4.69) is 0 Å². The molecule has 92 valence electrons. The number of hydrogen-bond donors (Lipinski definition) is 1. The first-order valence-electron chi connectivity index (χ1n) is 5.28. The minimum absolute atomic E-state index is 0.363. The summed E-state index contributed by atoms with van der Waals surface area (Å²) in [5.74, 6) is -0.757. The number of benzene rings is 1. The fraction of sp³-hybridized carbons (Fsp3) is 0.385. The van der Waals surface area contributed by atoms with Gasteiger partial charge in [0.1, 0.15) is 12.2 Å². The fourth-order valence-corrected chi connectivity index (χ4v) is 1.91. The number of carbonyl (C=O) groups is 2. The lowest BCUT2D eigenvalue weighted by atomic mass is 9.93. The molecule has 0 aromatic heterocycles. The second kappa shape index (κ2) is 4.99. The van der Waals surface area contributed by atoms with E-state index < -0.39 is 12.4 Å². The van der Waals surface area contributed by atoms with Crippen molar-refractivity contribution in [1.29, 1.82) is 0 Å². The molecule has 1 rings (SSSR count). The van der Waals surface area contributed by atoms with Crippen molar-refractivity contribution in [3.05, 3.63) is 28.3 Å². The van der Waals surface area contributed by atoms with Gasteiger partial charge in [0.15, 0.2) is 5.78 Å². The Labute approximate surface area is 100 Å². The van der Waals surface area contributed by atoms with Crippen LogP contribution in [0.3, 0.4) is 0 Å². The molecule has 0 aliphatic heterocycles. The number of carbonyl (C=O) groups excluding carboxylic acids is 1. The highest BCUT2D eigenvalue weighted by Crippen LogP contribution is 2.28. The van der Waals surface area contributed by atoms with Crippen LogP contribution < -0.4 is 4.74 Å². The van der Waals surface area contributed by atoms with E-state index in [-0.39, 0.29) is 5.78 Å². The molecule has 0 bridgehead atoms. The van der Waals surface area contributed by atoms with Crippen LogP contribution in [0.1, 0.15) is 33.5 Å². The molecule has 4 heteroatoms. The molecule has 0 radical (unpaired) electrons. The molecule has 0 saturated heterocycles. The SMILES string of the molecule is COc1cc(C)c(C(=O)CC(=O)O)c(C)c1C. The maximum atomic E-state index is 11.8. The van der Waals surface area contributed by atoms with Crippen LogP contribution in [0, 0.1) is 20.8 Å². The van der Waals surface area contributed by atoms with Crippen LogP contribution in [-0.2, 0) is 4.79 Å². The van der Waals surface area contributed by atoms with E-state index in [9.17, 15) is 9.59 Å². The number of rotatable bonds is 4. The monoisotopic (exact) mass is 236 g/mol. The summed E-state index contributed by atoms with van der Waals surface area (Å²) in [6.45, 7) is 5.44. The van der Waals surface area contributed by atoms with Gasteiger partial charge >= 0.3 is 5.97 Å². The van der Waals surface area contributed by atoms with Crippen LogP contribution in [0.4, 0.5) is 0 Å². The van der Waals surface area contributed by atoms with E-state index >= 15 is 0 Å². The van der Waals surface area contributed by atoms with Gasteiger partial charge in [0.05, 0.1) is 7.11 Å². The van der Waals surface area contributed by atoms with Crippen molar-refractivity contribution in [3.63, 3.8) is 0 Å². The van der Waals surface area contributed by atoms with Gasteiger partial charge in [-0.3, -0.25) is 9.59 Å². The molecular weight excluding hydrogens is 220 g/mol. The van der Waals surface area contributed by atoms with Crippen LogP contribution in [0.25, 0.3) is 0 Å². The van der Waals surface area contributed by atoms with Gasteiger partial charge in [-0.2, -0.15) is 0 Å². The smallest absolute Gasteiger partial charge is 0.311 e. The number of Topliss-reactive ketones (excluding diaryl/α,β-unsaturated/α-hetero) is 1. The Morgan fingerprint density at radius 3 is 2.29 bits per heavy atom. The summed E-state index contributed by atoms with van der Waals surface area (Å²) in [7, 11) is 1.57. The molecule has 1 aromatic carbocycles. The van der Waals surface area contributed by atoms with E-state index in [0.717, 1.165) is 16.7 Å². The van der Waals surface area contributed by atoms with Gasteiger partial charge in [-0.1, -0.05) is 0 Å². The third-order valence-electron chi connectivity index (χ3n) is 2.86. The Bertz CT molecular complexity index is 475. The molecular formula is C13H16O4. The Morgan fingerprint density at radius 1 is 1.24 bits per heavy atom. The zero-order valence-electron chi connectivity index (χ0n) is 10.5. The topological polar surface area (TPSA) is 63.6 Å². The van der Waals surface area contributed by atoms with Gasteiger partial charge in [-0.25, -0.2) is 0 Å². The van der Waals surface area contributed by atoms with Gasteiger partial charge in [0.2, 0.25) is 0 Å². The third kappa shape index (κ3) is 2.64. The van der Waals surface area contributed by atoms with Crippen molar-refractivity contribution in [1.82, 2.24) is 0 Å². The van der Waals surface area contributed by atoms with Crippen molar-refractivity contribution >= 4 is 11.8 Å². The molecule has 17 heavy (non-hydrogen) atoms. The lowest BCUT2D eigenvalue weighted by molar-refractivity contribution is -0.135. The molecule has 0 heterocycles. The van der Waals surface area contributed by atoms with Gasteiger partial charge in [0.25, 0.3) is 0 Å². The zero-order chi connectivity index (χ0) is 13.2. The maximum absolute atomic E-state index is 11.8. The van der Waals surface area contributed by atoms with Gasteiger partial charge < -0.3 is 9.84 Å². The van der Waals surface area contributed by atoms with Crippen LogP contribution in [0.5, 0.6) is 5.75 Å². The number of methoxy groups -OCH3 is 1. The van der Waals surface area contributed by atoms with E-state index in [1.54, 1.807) is 27.0 Å². The fourth-order valence-electron chi connectivity index (χ4n) is 1.91. The molecule has 0 spiro atoms. The number of aliphatic carboxylic acids is 1. The average molecular weight is 236 g/mol. The minimum atomic E-state index is -1.11.